The smallest absolute Gasteiger partial charge is 0.253 e. The highest BCUT2D eigenvalue weighted by atomic mass is 32.2. The highest BCUT2D eigenvalue weighted by Gasteiger charge is 2.31. The molecule has 0 aromatic heterocycles. The Morgan fingerprint density at radius 2 is 1.78 bits per heavy atom. The first-order valence-electron chi connectivity index (χ1n) is 10.1. The van der Waals surface area contributed by atoms with Gasteiger partial charge in [0.05, 0.1) is 4.90 Å². The Kier molecular flexibility index (Phi) is 5.96. The monoisotopic (exact) mass is 392 g/mol. The van der Waals surface area contributed by atoms with Gasteiger partial charge in [-0.15, -0.1) is 0 Å². The van der Waals surface area contributed by atoms with Crippen molar-refractivity contribution in [3.8, 4) is 0 Å². The summed E-state index contributed by atoms with van der Waals surface area (Å²) in [5.41, 5.74) is 2.09. The normalized spacial score (nSPS) is 19.3. The summed E-state index contributed by atoms with van der Waals surface area (Å²) in [4.78, 5) is 15.2. The molecule has 1 aliphatic heterocycles. The Morgan fingerprint density at radius 3 is 2.33 bits per heavy atom. The third-order valence-electron chi connectivity index (χ3n) is 6.07. The van der Waals surface area contributed by atoms with Gasteiger partial charge in [0, 0.05) is 31.7 Å². The molecule has 0 spiro atoms. The molecule has 1 saturated heterocycles. The lowest BCUT2D eigenvalue weighted by atomic mass is 10.0. The second-order valence-corrected chi connectivity index (χ2v) is 10.2. The SMILES string of the molecule is CCN(CC1CC1)C(=O)c1cc(C)c(C)c(S(=O)(=O)N2CCC(C)CC2)c1. The molecule has 2 fully saturated rings. The van der Waals surface area contributed by atoms with Gasteiger partial charge in [0.25, 0.3) is 5.91 Å². The lowest BCUT2D eigenvalue weighted by Gasteiger charge is -2.30. The lowest BCUT2D eigenvalue weighted by Crippen LogP contribution is -2.38. The van der Waals surface area contributed by atoms with E-state index >= 15 is 0 Å². The number of amides is 1. The molecule has 1 aromatic carbocycles. The zero-order chi connectivity index (χ0) is 19.8. The molecule has 0 atom stereocenters. The molecule has 1 amide bonds. The standard InChI is InChI=1S/C21H32N2O3S/c1-5-22(14-18-6-7-18)21(24)19-12-16(3)17(4)20(13-19)27(25,26)23-10-8-15(2)9-11-23/h12-13,15,18H,5-11,14H2,1-4H3. The van der Waals surface area contributed by atoms with E-state index in [2.05, 4.69) is 6.92 Å². The van der Waals surface area contributed by atoms with Crippen molar-refractivity contribution in [2.24, 2.45) is 11.8 Å². The summed E-state index contributed by atoms with van der Waals surface area (Å²) < 4.78 is 28.1. The Hall–Kier alpha value is -1.40. The van der Waals surface area contributed by atoms with Gasteiger partial charge in [-0.3, -0.25) is 4.79 Å². The highest BCUT2D eigenvalue weighted by molar-refractivity contribution is 7.89. The van der Waals surface area contributed by atoms with Gasteiger partial charge >= 0.3 is 0 Å². The van der Waals surface area contributed by atoms with E-state index in [1.807, 2.05) is 31.7 Å². The van der Waals surface area contributed by atoms with E-state index in [4.69, 9.17) is 0 Å². The van der Waals surface area contributed by atoms with Crippen LogP contribution in [0.25, 0.3) is 0 Å². The number of sulfonamides is 1. The fourth-order valence-electron chi connectivity index (χ4n) is 3.73. The average Bonchev–Trinajstić information content (AvgIpc) is 3.45. The zero-order valence-corrected chi connectivity index (χ0v) is 17.8. The minimum Gasteiger partial charge on any atom is -0.339 e. The molecule has 6 heteroatoms. The number of benzene rings is 1. The van der Waals surface area contributed by atoms with Crippen LogP contribution in [-0.4, -0.2) is 49.7 Å². The molecule has 0 bridgehead atoms. The van der Waals surface area contributed by atoms with Crippen molar-refractivity contribution in [2.75, 3.05) is 26.2 Å². The van der Waals surface area contributed by atoms with Crippen LogP contribution >= 0.6 is 0 Å². The Morgan fingerprint density at radius 1 is 1.15 bits per heavy atom. The summed E-state index contributed by atoms with van der Waals surface area (Å²) in [7, 11) is -3.58. The van der Waals surface area contributed by atoms with Crippen molar-refractivity contribution in [2.45, 2.75) is 58.3 Å². The maximum atomic E-state index is 13.3. The van der Waals surface area contributed by atoms with Crippen LogP contribution in [0.4, 0.5) is 0 Å². The molecular weight excluding hydrogens is 360 g/mol. The molecule has 1 aliphatic carbocycles. The fraction of sp³-hybridized carbons (Fsp3) is 0.667. The lowest BCUT2D eigenvalue weighted by molar-refractivity contribution is 0.0756. The number of aryl methyl sites for hydroxylation is 1. The van der Waals surface area contributed by atoms with Gasteiger partial charge in [0.1, 0.15) is 0 Å². The predicted octanol–water partition coefficient (Wildman–Crippen LogP) is 3.60. The summed E-state index contributed by atoms with van der Waals surface area (Å²) in [6.45, 7) is 10.4. The maximum absolute atomic E-state index is 13.3. The molecular formula is C21H32N2O3S. The van der Waals surface area contributed by atoms with Crippen LogP contribution in [0.15, 0.2) is 17.0 Å². The van der Waals surface area contributed by atoms with Crippen molar-refractivity contribution < 1.29 is 13.2 Å². The molecule has 2 aliphatic rings. The summed E-state index contributed by atoms with van der Waals surface area (Å²) in [6.07, 6.45) is 4.15. The van der Waals surface area contributed by atoms with E-state index in [9.17, 15) is 13.2 Å². The summed E-state index contributed by atoms with van der Waals surface area (Å²) in [6, 6.07) is 3.44. The quantitative estimate of drug-likeness (QED) is 0.743. The van der Waals surface area contributed by atoms with Crippen LogP contribution in [0, 0.1) is 25.7 Å². The van der Waals surface area contributed by atoms with Crippen molar-refractivity contribution >= 4 is 15.9 Å². The van der Waals surface area contributed by atoms with E-state index in [-0.39, 0.29) is 5.91 Å². The largest absolute Gasteiger partial charge is 0.339 e. The molecule has 1 aromatic rings. The molecule has 1 heterocycles. The zero-order valence-electron chi connectivity index (χ0n) is 17.0. The summed E-state index contributed by atoms with van der Waals surface area (Å²) in [5, 5.41) is 0. The summed E-state index contributed by atoms with van der Waals surface area (Å²) in [5.74, 6) is 1.11. The minimum atomic E-state index is -3.58. The van der Waals surface area contributed by atoms with E-state index in [1.54, 1.807) is 10.4 Å². The molecule has 3 rings (SSSR count). The van der Waals surface area contributed by atoms with E-state index < -0.39 is 10.0 Å². The first kappa shape index (κ1) is 20.3. The number of hydrogen-bond acceptors (Lipinski definition) is 3. The second-order valence-electron chi connectivity index (χ2n) is 8.29. The molecule has 1 saturated carbocycles. The van der Waals surface area contributed by atoms with Gasteiger partial charge in [0.15, 0.2) is 0 Å². The molecule has 0 N–H and O–H groups in total. The van der Waals surface area contributed by atoms with Gasteiger partial charge < -0.3 is 4.90 Å². The highest BCUT2D eigenvalue weighted by Crippen LogP contribution is 2.31. The van der Waals surface area contributed by atoms with Crippen molar-refractivity contribution in [3.63, 3.8) is 0 Å². The van der Waals surface area contributed by atoms with Gasteiger partial charge in [-0.2, -0.15) is 4.31 Å². The van der Waals surface area contributed by atoms with E-state index in [1.165, 1.54) is 12.8 Å². The Bertz CT molecular complexity index is 807. The average molecular weight is 393 g/mol. The van der Waals surface area contributed by atoms with E-state index in [0.29, 0.717) is 41.9 Å². The number of carbonyl (C=O) groups is 1. The molecule has 0 unspecified atom stereocenters. The minimum absolute atomic E-state index is 0.0591. The van der Waals surface area contributed by atoms with Crippen molar-refractivity contribution in [3.05, 3.63) is 28.8 Å². The predicted molar refractivity (Wildman–Crippen MR) is 107 cm³/mol. The van der Waals surface area contributed by atoms with Gasteiger partial charge in [-0.25, -0.2) is 8.42 Å². The molecule has 5 nitrogen and oxygen atoms in total. The van der Waals surface area contributed by atoms with Gasteiger partial charge in [-0.05, 0) is 81.5 Å². The van der Waals surface area contributed by atoms with Crippen LogP contribution < -0.4 is 0 Å². The third-order valence-corrected chi connectivity index (χ3v) is 8.10. The number of nitrogens with zero attached hydrogens (tertiary/aromatic N) is 2. The Balaban J connectivity index is 1.92. The van der Waals surface area contributed by atoms with Crippen molar-refractivity contribution in [1.82, 2.24) is 9.21 Å². The molecule has 27 heavy (non-hydrogen) atoms. The van der Waals surface area contributed by atoms with E-state index in [0.717, 1.165) is 30.5 Å². The van der Waals surface area contributed by atoms with Crippen LogP contribution in [0.2, 0.25) is 0 Å². The number of rotatable bonds is 6. The number of piperidine rings is 1. The second kappa shape index (κ2) is 7.92. The van der Waals surface area contributed by atoms with Gasteiger partial charge in [-0.1, -0.05) is 6.92 Å². The molecule has 0 radical (unpaired) electrons. The summed E-state index contributed by atoms with van der Waals surface area (Å²) >= 11 is 0. The fourth-order valence-corrected chi connectivity index (χ4v) is 5.53. The number of hydrogen-bond donors (Lipinski definition) is 0. The topological polar surface area (TPSA) is 57.7 Å². The van der Waals surface area contributed by atoms with Crippen molar-refractivity contribution in [1.29, 1.82) is 0 Å². The molecule has 150 valence electrons. The third kappa shape index (κ3) is 4.37. The Labute approximate surface area is 163 Å². The van der Waals surface area contributed by atoms with Crippen LogP contribution in [0.5, 0.6) is 0 Å². The van der Waals surface area contributed by atoms with Crippen LogP contribution in [0.1, 0.15) is 61.0 Å². The van der Waals surface area contributed by atoms with Crippen LogP contribution in [0.3, 0.4) is 0 Å². The van der Waals surface area contributed by atoms with Gasteiger partial charge in [0.2, 0.25) is 10.0 Å². The maximum Gasteiger partial charge on any atom is 0.253 e. The first-order chi connectivity index (χ1) is 12.7. The number of carbonyl (C=O) groups excluding carboxylic acids is 1. The first-order valence-corrected chi connectivity index (χ1v) is 11.6. The van der Waals surface area contributed by atoms with Crippen LogP contribution in [-0.2, 0) is 10.0 Å².